The number of amides is 1. The molecule has 0 saturated carbocycles. The number of rotatable bonds is 7. The first-order chi connectivity index (χ1) is 15.2. The highest BCUT2D eigenvalue weighted by atomic mass is 16.5. The highest BCUT2D eigenvalue weighted by Gasteiger charge is 2.29. The number of piperidine rings is 1. The Hall–Kier alpha value is -3.15. The number of aromatic nitrogens is 2. The van der Waals surface area contributed by atoms with Crippen molar-refractivity contribution in [3.8, 4) is 5.88 Å². The maximum Gasteiger partial charge on any atom is 0.258 e. The van der Waals surface area contributed by atoms with E-state index in [1.807, 2.05) is 36.4 Å². The van der Waals surface area contributed by atoms with Gasteiger partial charge in [-0.2, -0.15) is 0 Å². The van der Waals surface area contributed by atoms with Crippen molar-refractivity contribution in [1.29, 1.82) is 0 Å². The monoisotopic (exact) mass is 418 g/mol. The zero-order chi connectivity index (χ0) is 21.6. The van der Waals surface area contributed by atoms with E-state index >= 15 is 0 Å². The molecule has 1 aliphatic rings. The van der Waals surface area contributed by atoms with E-state index in [1.54, 1.807) is 0 Å². The van der Waals surface area contributed by atoms with Crippen LogP contribution in [-0.2, 0) is 11.2 Å². The number of fused-ring (bicyclic) bond motifs is 1. The van der Waals surface area contributed by atoms with E-state index in [9.17, 15) is 4.79 Å². The second kappa shape index (κ2) is 9.77. The Morgan fingerprint density at radius 1 is 1.10 bits per heavy atom. The van der Waals surface area contributed by atoms with E-state index in [4.69, 9.17) is 14.7 Å². The van der Waals surface area contributed by atoms with Gasteiger partial charge in [-0.1, -0.05) is 38.1 Å². The lowest BCUT2D eigenvalue weighted by molar-refractivity contribution is -0.120. The predicted molar refractivity (Wildman–Crippen MR) is 125 cm³/mol. The zero-order valence-electron chi connectivity index (χ0n) is 18.3. The summed E-state index contributed by atoms with van der Waals surface area (Å²) in [6.45, 7) is 6.23. The molecule has 4 rings (SSSR count). The third kappa shape index (κ3) is 4.95. The van der Waals surface area contributed by atoms with Gasteiger partial charge in [-0.05, 0) is 55.5 Å². The zero-order valence-corrected chi connectivity index (χ0v) is 18.3. The summed E-state index contributed by atoms with van der Waals surface area (Å²) >= 11 is 0. The van der Waals surface area contributed by atoms with E-state index in [2.05, 4.69) is 36.2 Å². The highest BCUT2D eigenvalue weighted by Crippen LogP contribution is 2.31. The molecule has 2 aromatic carbocycles. The van der Waals surface area contributed by atoms with E-state index in [0.29, 0.717) is 19.0 Å². The van der Waals surface area contributed by atoms with Crippen molar-refractivity contribution in [1.82, 2.24) is 9.97 Å². The fourth-order valence-electron chi connectivity index (χ4n) is 3.93. The van der Waals surface area contributed by atoms with Crippen LogP contribution in [-0.4, -0.2) is 35.6 Å². The summed E-state index contributed by atoms with van der Waals surface area (Å²) < 4.78 is 5.94. The number of carbonyl (C=O) groups is 1. The van der Waals surface area contributed by atoms with Gasteiger partial charge in [-0.25, -0.2) is 9.97 Å². The first kappa shape index (κ1) is 21.1. The van der Waals surface area contributed by atoms with Gasteiger partial charge in [0.2, 0.25) is 5.91 Å². The summed E-state index contributed by atoms with van der Waals surface area (Å²) in [6.07, 6.45) is 3.67. The molecule has 0 spiro atoms. The van der Waals surface area contributed by atoms with Crippen molar-refractivity contribution in [3.05, 3.63) is 54.1 Å². The van der Waals surface area contributed by atoms with Gasteiger partial charge < -0.3 is 15.0 Å². The number of hydrogen-bond acceptors (Lipinski definition) is 5. The summed E-state index contributed by atoms with van der Waals surface area (Å²) in [6, 6.07) is 15.9. The predicted octanol–water partition coefficient (Wildman–Crippen LogP) is 4.84. The van der Waals surface area contributed by atoms with Crippen LogP contribution < -0.4 is 15.0 Å². The summed E-state index contributed by atoms with van der Waals surface area (Å²) in [5, 5.41) is 3.08. The molecule has 0 aliphatic carbocycles. The topological polar surface area (TPSA) is 67.4 Å². The first-order valence-electron chi connectivity index (χ1n) is 11.2. The largest absolute Gasteiger partial charge is 0.475 e. The Kier molecular flexibility index (Phi) is 6.65. The van der Waals surface area contributed by atoms with Crippen LogP contribution >= 0.6 is 0 Å². The Morgan fingerprint density at radius 3 is 2.55 bits per heavy atom. The summed E-state index contributed by atoms with van der Waals surface area (Å²) in [5.41, 5.74) is 3.76. The van der Waals surface area contributed by atoms with Gasteiger partial charge in [0.1, 0.15) is 0 Å². The molecule has 1 atom stereocenters. The normalized spacial score (nSPS) is 16.3. The molecule has 0 radical (unpaired) electrons. The Balaban J connectivity index is 1.53. The lowest BCUT2D eigenvalue weighted by Crippen LogP contribution is -2.41. The number of nitrogens with one attached hydrogen (secondary N) is 1. The van der Waals surface area contributed by atoms with E-state index in [1.165, 1.54) is 5.56 Å². The average molecular weight is 419 g/mol. The van der Waals surface area contributed by atoms with Gasteiger partial charge >= 0.3 is 0 Å². The maximum absolute atomic E-state index is 13.0. The second-order valence-corrected chi connectivity index (χ2v) is 8.01. The van der Waals surface area contributed by atoms with Crippen LogP contribution in [0.25, 0.3) is 11.0 Å². The molecule has 31 heavy (non-hydrogen) atoms. The smallest absolute Gasteiger partial charge is 0.258 e. The molecule has 1 N–H and O–H groups in total. The van der Waals surface area contributed by atoms with Crippen molar-refractivity contribution in [2.24, 2.45) is 5.92 Å². The standard InChI is InChI=1S/C25H30N4O2/c1-3-16-31-25-23(27-21-9-5-6-10-22(21)28-25)29-15-7-8-19(17-29)24(30)26-20-13-11-18(4-2)12-14-20/h5-6,9-14,19H,3-4,7-8,15-17H2,1-2H3,(H,26,30)/t19-/m1/s1. The van der Waals surface area contributed by atoms with Crippen LogP contribution in [0.3, 0.4) is 0 Å². The Bertz CT molecular complexity index is 1040. The SMILES string of the molecule is CCCOc1nc2ccccc2nc1N1CCC[C@@H](C(=O)Nc2ccc(CC)cc2)C1. The number of carbonyl (C=O) groups excluding carboxylic acids is 1. The van der Waals surface area contributed by atoms with Crippen LogP contribution in [0.1, 0.15) is 38.7 Å². The number of benzene rings is 2. The van der Waals surface area contributed by atoms with Gasteiger partial charge in [0.15, 0.2) is 5.82 Å². The van der Waals surface area contributed by atoms with Gasteiger partial charge in [0, 0.05) is 18.8 Å². The van der Waals surface area contributed by atoms with Crippen LogP contribution in [0.4, 0.5) is 11.5 Å². The minimum absolute atomic E-state index is 0.0544. The van der Waals surface area contributed by atoms with Crippen molar-refractivity contribution in [2.45, 2.75) is 39.5 Å². The molecule has 1 aliphatic heterocycles. The number of nitrogens with zero attached hydrogens (tertiary/aromatic N) is 3. The Labute approximate surface area is 183 Å². The minimum Gasteiger partial charge on any atom is -0.475 e. The number of para-hydroxylation sites is 2. The number of anilines is 2. The first-order valence-corrected chi connectivity index (χ1v) is 11.2. The molecule has 3 aromatic rings. The quantitative estimate of drug-likeness (QED) is 0.595. The van der Waals surface area contributed by atoms with Crippen molar-refractivity contribution < 1.29 is 9.53 Å². The molecule has 6 heteroatoms. The number of aryl methyl sites for hydroxylation is 1. The lowest BCUT2D eigenvalue weighted by Gasteiger charge is -2.33. The van der Waals surface area contributed by atoms with Crippen LogP contribution in [0.15, 0.2) is 48.5 Å². The Morgan fingerprint density at radius 2 is 1.84 bits per heavy atom. The fourth-order valence-corrected chi connectivity index (χ4v) is 3.93. The van der Waals surface area contributed by atoms with E-state index < -0.39 is 0 Å². The molecular weight excluding hydrogens is 388 g/mol. The van der Waals surface area contributed by atoms with E-state index in [-0.39, 0.29) is 11.8 Å². The molecule has 162 valence electrons. The maximum atomic E-state index is 13.0. The van der Waals surface area contributed by atoms with Crippen molar-refractivity contribution >= 4 is 28.4 Å². The van der Waals surface area contributed by atoms with Crippen LogP contribution in [0, 0.1) is 5.92 Å². The molecular formula is C25H30N4O2. The molecule has 1 amide bonds. The lowest BCUT2D eigenvalue weighted by atomic mass is 9.97. The van der Waals surface area contributed by atoms with Crippen molar-refractivity contribution in [2.75, 3.05) is 29.9 Å². The van der Waals surface area contributed by atoms with Crippen LogP contribution in [0.5, 0.6) is 5.88 Å². The number of ether oxygens (including phenoxy) is 1. The van der Waals surface area contributed by atoms with Crippen LogP contribution in [0.2, 0.25) is 0 Å². The van der Waals surface area contributed by atoms with Gasteiger partial charge in [0.25, 0.3) is 5.88 Å². The molecule has 6 nitrogen and oxygen atoms in total. The molecule has 1 aromatic heterocycles. The van der Waals surface area contributed by atoms with Gasteiger partial charge in [-0.15, -0.1) is 0 Å². The highest BCUT2D eigenvalue weighted by molar-refractivity contribution is 5.93. The number of hydrogen-bond donors (Lipinski definition) is 1. The summed E-state index contributed by atoms with van der Waals surface area (Å²) in [7, 11) is 0. The third-order valence-corrected chi connectivity index (χ3v) is 5.69. The molecule has 1 fully saturated rings. The third-order valence-electron chi connectivity index (χ3n) is 5.69. The van der Waals surface area contributed by atoms with Crippen molar-refractivity contribution in [3.63, 3.8) is 0 Å². The van der Waals surface area contributed by atoms with Gasteiger partial charge in [-0.3, -0.25) is 4.79 Å². The molecule has 0 unspecified atom stereocenters. The summed E-state index contributed by atoms with van der Waals surface area (Å²) in [5.74, 6) is 1.24. The van der Waals surface area contributed by atoms with E-state index in [0.717, 1.165) is 54.8 Å². The minimum atomic E-state index is -0.105. The van der Waals surface area contributed by atoms with Gasteiger partial charge in [0.05, 0.1) is 23.6 Å². The molecule has 2 heterocycles. The fraction of sp³-hybridized carbons (Fsp3) is 0.400. The molecule has 1 saturated heterocycles. The molecule has 0 bridgehead atoms. The summed E-state index contributed by atoms with van der Waals surface area (Å²) in [4.78, 5) is 24.7. The second-order valence-electron chi connectivity index (χ2n) is 8.01. The average Bonchev–Trinajstić information content (AvgIpc) is 2.82.